The first-order chi connectivity index (χ1) is 12.0. The Kier molecular flexibility index (Phi) is 6.65. The minimum absolute atomic E-state index is 0.231. The zero-order chi connectivity index (χ0) is 18.2. The lowest BCUT2D eigenvalue weighted by atomic mass is 9.98. The third-order valence-corrected chi connectivity index (χ3v) is 4.12. The van der Waals surface area contributed by atoms with Crippen molar-refractivity contribution in [2.45, 2.75) is 12.8 Å². The molecule has 0 unspecified atom stereocenters. The molecule has 0 radical (unpaired) electrons. The number of hydrogen-bond donors (Lipinski definition) is 2. The first-order valence-electron chi connectivity index (χ1n) is 8.15. The van der Waals surface area contributed by atoms with Gasteiger partial charge in [-0.2, -0.15) is 0 Å². The molecule has 0 amide bonds. The highest BCUT2D eigenvalue weighted by atomic mass is 16.4. The van der Waals surface area contributed by atoms with E-state index >= 15 is 0 Å². The minimum atomic E-state index is -1.03. The molecule has 2 rings (SSSR count). The quantitative estimate of drug-likeness (QED) is 0.585. The first kappa shape index (κ1) is 18.6. The number of rotatable bonds is 7. The maximum absolute atomic E-state index is 10.6. The van der Waals surface area contributed by atoms with E-state index in [4.69, 9.17) is 5.11 Å². The summed E-state index contributed by atoms with van der Waals surface area (Å²) in [5.74, 6) is 0.122. The Hall–Kier alpha value is -2.73. The molecule has 0 atom stereocenters. The molecule has 0 bridgehead atoms. The highest BCUT2D eigenvalue weighted by Crippen LogP contribution is 2.23. The molecule has 1 fully saturated rings. The van der Waals surface area contributed by atoms with E-state index in [1.54, 1.807) is 24.5 Å². The van der Waals surface area contributed by atoms with E-state index in [1.807, 2.05) is 0 Å². The summed E-state index contributed by atoms with van der Waals surface area (Å²) in [4.78, 5) is 21.6. The molecular formula is C19H23N3O3. The van der Waals surface area contributed by atoms with E-state index in [0.29, 0.717) is 17.2 Å². The van der Waals surface area contributed by atoms with E-state index in [0.717, 1.165) is 43.4 Å². The van der Waals surface area contributed by atoms with Crippen molar-refractivity contribution < 1.29 is 15.0 Å². The van der Waals surface area contributed by atoms with Gasteiger partial charge in [0.15, 0.2) is 0 Å². The number of nitrogens with zero attached hydrogens (tertiary/aromatic N) is 3. The second-order valence-electron chi connectivity index (χ2n) is 5.93. The SMILES string of the molecule is C=C/C(=C\C(=C)/C=C/C(=O)O)c1cncc(N2CCC(CO)CC2)n1. The molecule has 1 aromatic heterocycles. The third kappa shape index (κ3) is 5.39. The second kappa shape index (κ2) is 8.94. The maximum Gasteiger partial charge on any atom is 0.328 e. The van der Waals surface area contributed by atoms with Crippen LogP contribution < -0.4 is 4.90 Å². The molecule has 1 saturated heterocycles. The smallest absolute Gasteiger partial charge is 0.328 e. The summed E-state index contributed by atoms with van der Waals surface area (Å²) >= 11 is 0. The molecule has 1 aliphatic heterocycles. The van der Waals surface area contributed by atoms with Crippen LogP contribution >= 0.6 is 0 Å². The highest BCUT2D eigenvalue weighted by Gasteiger charge is 2.20. The first-order valence-corrected chi connectivity index (χ1v) is 8.15. The van der Waals surface area contributed by atoms with Crippen molar-refractivity contribution in [2.24, 2.45) is 5.92 Å². The number of aliphatic carboxylic acids is 1. The van der Waals surface area contributed by atoms with E-state index in [9.17, 15) is 9.90 Å². The van der Waals surface area contributed by atoms with Crippen LogP contribution in [0.15, 0.2) is 55.4 Å². The van der Waals surface area contributed by atoms with Gasteiger partial charge in [0.2, 0.25) is 0 Å². The lowest BCUT2D eigenvalue weighted by Crippen LogP contribution is -2.35. The topological polar surface area (TPSA) is 86.5 Å². The largest absolute Gasteiger partial charge is 0.478 e. The highest BCUT2D eigenvalue weighted by molar-refractivity contribution is 5.81. The van der Waals surface area contributed by atoms with Gasteiger partial charge in [0.1, 0.15) is 5.82 Å². The Morgan fingerprint density at radius 2 is 2.04 bits per heavy atom. The lowest BCUT2D eigenvalue weighted by Gasteiger charge is -2.31. The molecule has 0 saturated carbocycles. The Balaban J connectivity index is 2.17. The third-order valence-electron chi connectivity index (χ3n) is 4.12. The number of aromatic nitrogens is 2. The van der Waals surface area contributed by atoms with Gasteiger partial charge in [-0.3, -0.25) is 4.98 Å². The van der Waals surface area contributed by atoms with Crippen LogP contribution in [0.3, 0.4) is 0 Å². The van der Waals surface area contributed by atoms with Gasteiger partial charge in [0, 0.05) is 31.3 Å². The molecule has 6 heteroatoms. The van der Waals surface area contributed by atoms with E-state index in [1.165, 1.54) is 6.08 Å². The number of piperidine rings is 1. The number of aliphatic hydroxyl groups excluding tert-OH is 1. The van der Waals surface area contributed by atoms with Crippen LogP contribution in [0.5, 0.6) is 0 Å². The van der Waals surface area contributed by atoms with Gasteiger partial charge in [-0.25, -0.2) is 9.78 Å². The Morgan fingerprint density at radius 3 is 2.64 bits per heavy atom. The van der Waals surface area contributed by atoms with E-state index in [-0.39, 0.29) is 6.61 Å². The zero-order valence-electron chi connectivity index (χ0n) is 14.1. The van der Waals surface area contributed by atoms with Crippen LogP contribution in [0.25, 0.3) is 5.57 Å². The molecule has 0 spiro atoms. The molecule has 2 heterocycles. The predicted molar refractivity (Wildman–Crippen MR) is 98.1 cm³/mol. The zero-order valence-corrected chi connectivity index (χ0v) is 14.1. The molecule has 2 N–H and O–H groups in total. The van der Waals surface area contributed by atoms with Crippen molar-refractivity contribution >= 4 is 17.4 Å². The summed E-state index contributed by atoms with van der Waals surface area (Å²) in [6.45, 7) is 9.51. The second-order valence-corrected chi connectivity index (χ2v) is 5.93. The number of hydrogen-bond acceptors (Lipinski definition) is 5. The molecule has 0 aromatic carbocycles. The van der Waals surface area contributed by atoms with Crippen LogP contribution in [0.4, 0.5) is 5.82 Å². The number of carboxylic acids is 1. The predicted octanol–water partition coefficient (Wildman–Crippen LogP) is 2.45. The fourth-order valence-electron chi connectivity index (χ4n) is 2.66. The van der Waals surface area contributed by atoms with Crippen molar-refractivity contribution in [3.05, 3.63) is 61.1 Å². The Morgan fingerprint density at radius 1 is 1.32 bits per heavy atom. The van der Waals surface area contributed by atoms with Crippen LogP contribution in [-0.2, 0) is 4.79 Å². The van der Waals surface area contributed by atoms with E-state index in [2.05, 4.69) is 28.0 Å². The fourth-order valence-corrected chi connectivity index (χ4v) is 2.66. The van der Waals surface area contributed by atoms with Gasteiger partial charge < -0.3 is 15.1 Å². The molecular weight excluding hydrogens is 318 g/mol. The van der Waals surface area contributed by atoms with Gasteiger partial charge in [0.05, 0.1) is 18.1 Å². The van der Waals surface area contributed by atoms with Crippen molar-refractivity contribution in [3.8, 4) is 0 Å². The summed E-state index contributed by atoms with van der Waals surface area (Å²) in [7, 11) is 0. The standard InChI is InChI=1S/C19H23N3O3/c1-3-16(10-14(2)4-5-19(24)25)17-11-20-12-18(21-17)22-8-6-15(13-23)7-9-22/h3-5,10-12,15,23H,1-2,6-9,13H2,(H,24,25)/b5-4+,16-10+. The summed E-state index contributed by atoms with van der Waals surface area (Å²) in [6, 6.07) is 0. The fraction of sp³-hybridized carbons (Fsp3) is 0.316. The summed E-state index contributed by atoms with van der Waals surface area (Å²) < 4.78 is 0. The number of allylic oxidation sites excluding steroid dienone is 5. The molecule has 25 heavy (non-hydrogen) atoms. The monoisotopic (exact) mass is 341 g/mol. The summed E-state index contributed by atoms with van der Waals surface area (Å²) in [6.07, 6.45) is 11.1. The average molecular weight is 341 g/mol. The summed E-state index contributed by atoms with van der Waals surface area (Å²) in [5.41, 5.74) is 1.91. The van der Waals surface area contributed by atoms with Gasteiger partial charge in [-0.1, -0.05) is 19.2 Å². The van der Waals surface area contributed by atoms with Gasteiger partial charge in [-0.05, 0) is 36.5 Å². The Bertz CT molecular complexity index is 702. The number of carbonyl (C=O) groups is 1. The summed E-state index contributed by atoms with van der Waals surface area (Å²) in [5, 5.41) is 17.9. The average Bonchev–Trinajstić information content (AvgIpc) is 2.64. The van der Waals surface area contributed by atoms with Gasteiger partial charge in [0.25, 0.3) is 0 Å². The molecule has 6 nitrogen and oxygen atoms in total. The number of aliphatic hydroxyl groups is 1. The molecule has 132 valence electrons. The van der Waals surface area contributed by atoms with Crippen LogP contribution in [0.1, 0.15) is 18.5 Å². The van der Waals surface area contributed by atoms with Crippen LogP contribution in [-0.4, -0.2) is 45.8 Å². The number of carboxylic acid groups (broad SMARTS) is 1. The lowest BCUT2D eigenvalue weighted by molar-refractivity contribution is -0.131. The molecule has 1 aromatic rings. The minimum Gasteiger partial charge on any atom is -0.478 e. The van der Waals surface area contributed by atoms with Crippen LogP contribution in [0, 0.1) is 5.92 Å². The van der Waals surface area contributed by atoms with Crippen molar-refractivity contribution in [1.82, 2.24) is 9.97 Å². The van der Waals surface area contributed by atoms with E-state index < -0.39 is 5.97 Å². The molecule has 0 aliphatic carbocycles. The van der Waals surface area contributed by atoms with Crippen molar-refractivity contribution in [2.75, 3.05) is 24.6 Å². The normalized spacial score (nSPS) is 16.2. The maximum atomic E-state index is 10.6. The van der Waals surface area contributed by atoms with Gasteiger partial charge in [-0.15, -0.1) is 0 Å². The Labute approximate surface area is 147 Å². The molecule has 1 aliphatic rings. The van der Waals surface area contributed by atoms with Crippen LogP contribution in [0.2, 0.25) is 0 Å². The number of anilines is 1. The van der Waals surface area contributed by atoms with Crippen molar-refractivity contribution in [1.29, 1.82) is 0 Å². The van der Waals surface area contributed by atoms with Gasteiger partial charge >= 0.3 is 5.97 Å². The van der Waals surface area contributed by atoms with Crippen molar-refractivity contribution in [3.63, 3.8) is 0 Å².